The van der Waals surface area contributed by atoms with Crippen LogP contribution in [-0.2, 0) is 10.5 Å². The Morgan fingerprint density at radius 3 is 2.27 bits per heavy atom. The first-order valence-corrected chi connectivity index (χ1v) is 8.79. The number of hydrogen-bond donors (Lipinski definition) is 0. The van der Waals surface area contributed by atoms with Crippen molar-refractivity contribution < 1.29 is 4.43 Å². The molecule has 0 radical (unpaired) electrons. The molecule has 0 amide bonds. The SMILES string of the molecule is CC(C)CO[Si](C)(C)Cc1ccccc1. The highest BCUT2D eigenvalue weighted by Gasteiger charge is 2.22. The molecule has 2 heteroatoms. The largest absolute Gasteiger partial charge is 0.417 e. The fraction of sp³-hybridized carbons (Fsp3) is 0.538. The molecule has 84 valence electrons. The number of hydrogen-bond acceptors (Lipinski definition) is 1. The van der Waals surface area contributed by atoms with Crippen LogP contribution in [0.15, 0.2) is 30.3 Å². The van der Waals surface area contributed by atoms with Gasteiger partial charge in [-0.25, -0.2) is 0 Å². The van der Waals surface area contributed by atoms with Crippen molar-refractivity contribution in [3.8, 4) is 0 Å². The van der Waals surface area contributed by atoms with E-state index in [1.807, 2.05) is 0 Å². The van der Waals surface area contributed by atoms with E-state index in [1.54, 1.807) is 0 Å². The Kier molecular flexibility index (Phi) is 4.55. The summed E-state index contributed by atoms with van der Waals surface area (Å²) < 4.78 is 6.03. The molecular formula is C13H22OSi. The summed E-state index contributed by atoms with van der Waals surface area (Å²) in [4.78, 5) is 0. The summed E-state index contributed by atoms with van der Waals surface area (Å²) in [6, 6.07) is 11.7. The molecular weight excluding hydrogens is 200 g/mol. The third-order valence-corrected chi connectivity index (χ3v) is 4.49. The van der Waals surface area contributed by atoms with E-state index in [1.165, 1.54) is 5.56 Å². The van der Waals surface area contributed by atoms with Crippen molar-refractivity contribution in [3.63, 3.8) is 0 Å². The number of rotatable bonds is 5. The lowest BCUT2D eigenvalue weighted by Gasteiger charge is -2.24. The highest BCUT2D eigenvalue weighted by molar-refractivity contribution is 6.70. The Hall–Kier alpha value is -0.603. The predicted octanol–water partition coefficient (Wildman–Crippen LogP) is 3.65. The van der Waals surface area contributed by atoms with Crippen molar-refractivity contribution in [3.05, 3.63) is 35.9 Å². The van der Waals surface area contributed by atoms with Crippen LogP contribution >= 0.6 is 0 Å². The van der Waals surface area contributed by atoms with Gasteiger partial charge in [-0.1, -0.05) is 44.2 Å². The maximum Gasteiger partial charge on any atom is 0.191 e. The van der Waals surface area contributed by atoms with Crippen LogP contribution in [0.3, 0.4) is 0 Å². The second kappa shape index (κ2) is 5.47. The van der Waals surface area contributed by atoms with Gasteiger partial charge in [0.1, 0.15) is 0 Å². The van der Waals surface area contributed by atoms with E-state index in [0.29, 0.717) is 5.92 Å². The average molecular weight is 222 g/mol. The minimum Gasteiger partial charge on any atom is -0.417 e. The molecule has 0 N–H and O–H groups in total. The topological polar surface area (TPSA) is 9.23 Å². The molecule has 0 fully saturated rings. The van der Waals surface area contributed by atoms with Gasteiger partial charge >= 0.3 is 0 Å². The van der Waals surface area contributed by atoms with E-state index in [9.17, 15) is 0 Å². The van der Waals surface area contributed by atoms with Gasteiger partial charge in [-0.05, 0) is 30.6 Å². The summed E-state index contributed by atoms with van der Waals surface area (Å²) in [5.41, 5.74) is 1.40. The van der Waals surface area contributed by atoms with E-state index in [0.717, 1.165) is 12.7 Å². The third kappa shape index (κ3) is 5.14. The van der Waals surface area contributed by atoms with Crippen LogP contribution in [-0.4, -0.2) is 14.9 Å². The normalized spacial score (nSPS) is 12.1. The second-order valence-corrected chi connectivity index (χ2v) is 9.29. The Balaban J connectivity index is 2.49. The molecule has 1 aromatic carbocycles. The van der Waals surface area contributed by atoms with E-state index in [-0.39, 0.29) is 0 Å². The van der Waals surface area contributed by atoms with Crippen molar-refractivity contribution >= 4 is 8.32 Å². The lowest BCUT2D eigenvalue weighted by Crippen LogP contribution is -2.35. The van der Waals surface area contributed by atoms with Gasteiger partial charge in [-0.3, -0.25) is 0 Å². The van der Waals surface area contributed by atoms with Crippen molar-refractivity contribution in [2.24, 2.45) is 5.92 Å². The van der Waals surface area contributed by atoms with Gasteiger partial charge in [0.25, 0.3) is 0 Å². The Morgan fingerprint density at radius 2 is 1.73 bits per heavy atom. The van der Waals surface area contributed by atoms with Crippen LogP contribution < -0.4 is 0 Å². The summed E-state index contributed by atoms with van der Waals surface area (Å²) in [6.45, 7) is 9.89. The molecule has 0 aromatic heterocycles. The summed E-state index contributed by atoms with van der Waals surface area (Å²) >= 11 is 0. The molecule has 0 atom stereocenters. The molecule has 0 heterocycles. The molecule has 0 saturated carbocycles. The van der Waals surface area contributed by atoms with Crippen LogP contribution in [0.25, 0.3) is 0 Å². The maximum atomic E-state index is 6.03. The monoisotopic (exact) mass is 222 g/mol. The lowest BCUT2D eigenvalue weighted by atomic mass is 10.2. The van der Waals surface area contributed by atoms with Gasteiger partial charge in [0.15, 0.2) is 8.32 Å². The summed E-state index contributed by atoms with van der Waals surface area (Å²) in [5.74, 6) is 0.632. The standard InChI is InChI=1S/C13H22OSi/c1-12(2)10-14-15(3,4)11-13-8-6-5-7-9-13/h5-9,12H,10-11H2,1-4H3. The molecule has 0 saturated heterocycles. The van der Waals surface area contributed by atoms with E-state index in [2.05, 4.69) is 57.3 Å². The van der Waals surface area contributed by atoms with Crippen molar-refractivity contribution in [1.29, 1.82) is 0 Å². The van der Waals surface area contributed by atoms with Crippen LogP contribution in [0.1, 0.15) is 19.4 Å². The highest BCUT2D eigenvalue weighted by atomic mass is 28.4. The van der Waals surface area contributed by atoms with Gasteiger partial charge < -0.3 is 4.43 Å². The molecule has 1 rings (SSSR count). The van der Waals surface area contributed by atoms with Crippen LogP contribution in [0.2, 0.25) is 13.1 Å². The fourth-order valence-electron chi connectivity index (χ4n) is 1.53. The first-order valence-electron chi connectivity index (χ1n) is 5.67. The summed E-state index contributed by atoms with van der Waals surface area (Å²) in [7, 11) is -1.51. The Bertz CT molecular complexity index is 280. The molecule has 1 nitrogen and oxygen atoms in total. The fourth-order valence-corrected chi connectivity index (χ4v) is 3.64. The second-order valence-electron chi connectivity index (χ2n) is 5.13. The first kappa shape index (κ1) is 12.5. The Labute approximate surface area is 94.6 Å². The van der Waals surface area contributed by atoms with Crippen LogP contribution in [0, 0.1) is 5.92 Å². The maximum absolute atomic E-state index is 6.03. The quantitative estimate of drug-likeness (QED) is 0.691. The van der Waals surface area contributed by atoms with Gasteiger partial charge in [0.2, 0.25) is 0 Å². The van der Waals surface area contributed by atoms with Gasteiger partial charge in [-0.2, -0.15) is 0 Å². The molecule has 1 aromatic rings. The molecule has 0 unspecified atom stereocenters. The highest BCUT2D eigenvalue weighted by Crippen LogP contribution is 2.14. The number of benzene rings is 1. The Morgan fingerprint density at radius 1 is 1.13 bits per heavy atom. The van der Waals surface area contributed by atoms with Crippen molar-refractivity contribution in [1.82, 2.24) is 0 Å². The zero-order valence-electron chi connectivity index (χ0n) is 10.3. The molecule has 0 spiro atoms. The summed E-state index contributed by atoms with van der Waals surface area (Å²) in [5, 5.41) is 0. The third-order valence-electron chi connectivity index (χ3n) is 2.28. The van der Waals surface area contributed by atoms with Gasteiger partial charge in [0, 0.05) is 6.61 Å². The molecule has 0 aliphatic heterocycles. The van der Waals surface area contributed by atoms with E-state index in [4.69, 9.17) is 4.43 Å². The van der Waals surface area contributed by atoms with Crippen LogP contribution in [0.5, 0.6) is 0 Å². The molecule has 0 bridgehead atoms. The summed E-state index contributed by atoms with van der Waals surface area (Å²) in [6.07, 6.45) is 0. The zero-order chi connectivity index (χ0) is 11.3. The zero-order valence-corrected chi connectivity index (χ0v) is 11.3. The lowest BCUT2D eigenvalue weighted by molar-refractivity contribution is 0.260. The predicted molar refractivity (Wildman–Crippen MR) is 68.4 cm³/mol. The van der Waals surface area contributed by atoms with E-state index < -0.39 is 8.32 Å². The average Bonchev–Trinajstić information content (AvgIpc) is 2.16. The molecule has 0 aliphatic carbocycles. The molecule has 0 aliphatic rings. The van der Waals surface area contributed by atoms with Crippen molar-refractivity contribution in [2.45, 2.75) is 33.0 Å². The van der Waals surface area contributed by atoms with E-state index >= 15 is 0 Å². The first-order chi connectivity index (χ1) is 6.99. The smallest absolute Gasteiger partial charge is 0.191 e. The minimum atomic E-state index is -1.51. The van der Waals surface area contributed by atoms with Gasteiger partial charge in [-0.15, -0.1) is 0 Å². The van der Waals surface area contributed by atoms with Crippen molar-refractivity contribution in [2.75, 3.05) is 6.61 Å². The van der Waals surface area contributed by atoms with Crippen LogP contribution in [0.4, 0.5) is 0 Å². The minimum absolute atomic E-state index is 0.632. The molecule has 15 heavy (non-hydrogen) atoms. The van der Waals surface area contributed by atoms with Gasteiger partial charge in [0.05, 0.1) is 0 Å².